The van der Waals surface area contributed by atoms with Gasteiger partial charge in [0, 0.05) is 19.1 Å². The number of nitrogens with one attached hydrogen (secondary N) is 1. The zero-order valence-corrected chi connectivity index (χ0v) is 11.9. The maximum absolute atomic E-state index is 12.6. The molecule has 3 rings (SSSR count). The van der Waals surface area contributed by atoms with Gasteiger partial charge in [-0.05, 0) is 32.7 Å². The Morgan fingerprint density at radius 3 is 2.50 bits per heavy atom. The van der Waals surface area contributed by atoms with Gasteiger partial charge in [0.25, 0.3) is 0 Å². The van der Waals surface area contributed by atoms with Crippen LogP contribution in [0.5, 0.6) is 0 Å². The molecule has 3 aliphatic rings. The quantitative estimate of drug-likeness (QED) is 0.770. The number of imide groups is 2. The summed E-state index contributed by atoms with van der Waals surface area (Å²) in [5.74, 6) is -0.676. The first kappa shape index (κ1) is 13.5. The molecule has 6 nitrogen and oxygen atoms in total. The van der Waals surface area contributed by atoms with E-state index in [0.717, 1.165) is 12.8 Å². The highest BCUT2D eigenvalue weighted by molar-refractivity contribution is 6.19. The molecule has 1 heterocycles. The molecule has 0 aromatic carbocycles. The Labute approximate surface area is 118 Å². The fourth-order valence-corrected chi connectivity index (χ4v) is 3.31. The molecule has 2 saturated carbocycles. The molecule has 1 saturated heterocycles. The van der Waals surface area contributed by atoms with Crippen molar-refractivity contribution >= 4 is 17.8 Å². The lowest BCUT2D eigenvalue weighted by Crippen LogP contribution is -2.63. The van der Waals surface area contributed by atoms with Crippen molar-refractivity contribution in [2.75, 3.05) is 20.1 Å². The molecule has 0 radical (unpaired) electrons. The topological polar surface area (TPSA) is 69.7 Å². The summed E-state index contributed by atoms with van der Waals surface area (Å²) >= 11 is 0. The Morgan fingerprint density at radius 1 is 1.25 bits per heavy atom. The van der Waals surface area contributed by atoms with Gasteiger partial charge in [-0.15, -0.1) is 0 Å². The van der Waals surface area contributed by atoms with Gasteiger partial charge < -0.3 is 4.90 Å². The number of hydrogen-bond acceptors (Lipinski definition) is 4. The lowest BCUT2D eigenvalue weighted by Gasteiger charge is -2.37. The minimum Gasteiger partial charge on any atom is -0.302 e. The standard InChI is InChI=1S/C14H21N3O3/c1-16(10-4-5-10)8-9-17-12(19)14(6-2-3-7-14)11(18)15-13(17)20/h10H,2-9H2,1H3,(H,15,18,20). The third-order valence-corrected chi connectivity index (χ3v) is 4.86. The number of rotatable bonds is 4. The number of amides is 4. The van der Waals surface area contributed by atoms with Crippen molar-refractivity contribution in [3.8, 4) is 0 Å². The van der Waals surface area contributed by atoms with E-state index in [1.165, 1.54) is 17.7 Å². The van der Waals surface area contributed by atoms with E-state index in [4.69, 9.17) is 0 Å². The smallest absolute Gasteiger partial charge is 0.302 e. The summed E-state index contributed by atoms with van der Waals surface area (Å²) in [4.78, 5) is 40.0. The van der Waals surface area contributed by atoms with Crippen molar-refractivity contribution < 1.29 is 14.4 Å². The Hall–Kier alpha value is -1.43. The first-order chi connectivity index (χ1) is 9.54. The molecule has 4 amide bonds. The first-order valence-electron chi connectivity index (χ1n) is 7.42. The third-order valence-electron chi connectivity index (χ3n) is 4.86. The molecule has 6 heteroatoms. The Bertz CT molecular complexity index is 453. The number of carbonyl (C=O) groups is 3. The van der Waals surface area contributed by atoms with Crippen LogP contribution in [-0.2, 0) is 9.59 Å². The highest BCUT2D eigenvalue weighted by atomic mass is 16.2. The van der Waals surface area contributed by atoms with E-state index in [1.54, 1.807) is 0 Å². The predicted octanol–water partition coefficient (Wildman–Crippen LogP) is 0.719. The van der Waals surface area contributed by atoms with Gasteiger partial charge in [-0.25, -0.2) is 4.79 Å². The van der Waals surface area contributed by atoms with Gasteiger partial charge in [0.1, 0.15) is 5.41 Å². The second kappa shape index (κ2) is 4.84. The molecule has 0 atom stereocenters. The average molecular weight is 279 g/mol. The van der Waals surface area contributed by atoms with Crippen molar-refractivity contribution in [1.29, 1.82) is 0 Å². The maximum Gasteiger partial charge on any atom is 0.330 e. The molecule has 1 spiro atoms. The van der Waals surface area contributed by atoms with Gasteiger partial charge in [0.15, 0.2) is 0 Å². The lowest BCUT2D eigenvalue weighted by atomic mass is 9.82. The zero-order valence-electron chi connectivity index (χ0n) is 11.9. The van der Waals surface area contributed by atoms with Gasteiger partial charge in [0.05, 0.1) is 0 Å². The Kier molecular flexibility index (Phi) is 3.28. The monoisotopic (exact) mass is 279 g/mol. The second-order valence-corrected chi connectivity index (χ2v) is 6.22. The highest BCUT2D eigenvalue weighted by Gasteiger charge is 2.54. The van der Waals surface area contributed by atoms with Crippen LogP contribution < -0.4 is 5.32 Å². The molecular weight excluding hydrogens is 258 g/mol. The van der Waals surface area contributed by atoms with E-state index >= 15 is 0 Å². The van der Waals surface area contributed by atoms with E-state index in [2.05, 4.69) is 10.2 Å². The molecule has 1 aliphatic heterocycles. The Morgan fingerprint density at radius 2 is 1.90 bits per heavy atom. The van der Waals surface area contributed by atoms with Gasteiger partial charge in [-0.3, -0.25) is 19.8 Å². The molecule has 1 N–H and O–H groups in total. The number of carbonyl (C=O) groups excluding carboxylic acids is 3. The van der Waals surface area contributed by atoms with E-state index in [1.807, 2.05) is 7.05 Å². The molecule has 2 aliphatic carbocycles. The normalized spacial score (nSPS) is 25.7. The van der Waals surface area contributed by atoms with Crippen LogP contribution in [0.3, 0.4) is 0 Å². The lowest BCUT2D eigenvalue weighted by molar-refractivity contribution is -0.151. The van der Waals surface area contributed by atoms with Crippen LogP contribution >= 0.6 is 0 Å². The van der Waals surface area contributed by atoms with Crippen LogP contribution in [0.1, 0.15) is 38.5 Å². The summed E-state index contributed by atoms with van der Waals surface area (Å²) in [7, 11) is 2.01. The largest absolute Gasteiger partial charge is 0.330 e. The summed E-state index contributed by atoms with van der Waals surface area (Å²) in [6.45, 7) is 1.04. The van der Waals surface area contributed by atoms with Crippen LogP contribution in [-0.4, -0.2) is 53.8 Å². The van der Waals surface area contributed by atoms with Gasteiger partial charge >= 0.3 is 6.03 Å². The van der Waals surface area contributed by atoms with Crippen LogP contribution in [0.2, 0.25) is 0 Å². The van der Waals surface area contributed by atoms with Crippen molar-refractivity contribution in [3.05, 3.63) is 0 Å². The van der Waals surface area contributed by atoms with Crippen LogP contribution in [0.4, 0.5) is 4.79 Å². The third kappa shape index (κ3) is 2.12. The summed E-state index contributed by atoms with van der Waals surface area (Å²) in [6, 6.07) is 0.0433. The van der Waals surface area contributed by atoms with Crippen molar-refractivity contribution in [1.82, 2.24) is 15.1 Å². The van der Waals surface area contributed by atoms with Gasteiger partial charge in [-0.1, -0.05) is 12.8 Å². The molecule has 3 fully saturated rings. The fourth-order valence-electron chi connectivity index (χ4n) is 3.31. The molecule has 0 aromatic heterocycles. The second-order valence-electron chi connectivity index (χ2n) is 6.22. The summed E-state index contributed by atoms with van der Waals surface area (Å²) in [5, 5.41) is 2.37. The summed E-state index contributed by atoms with van der Waals surface area (Å²) in [6.07, 6.45) is 5.28. The van der Waals surface area contributed by atoms with E-state index in [9.17, 15) is 14.4 Å². The SMILES string of the molecule is CN(CCN1C(=O)NC(=O)C2(CCCC2)C1=O)C1CC1. The number of nitrogens with zero attached hydrogens (tertiary/aromatic N) is 2. The number of barbiturate groups is 1. The Balaban J connectivity index is 1.70. The number of likely N-dealkylation sites (N-methyl/N-ethyl adjacent to an activating group) is 1. The minimum atomic E-state index is -0.966. The van der Waals surface area contributed by atoms with E-state index in [-0.39, 0.29) is 5.91 Å². The van der Waals surface area contributed by atoms with Crippen molar-refractivity contribution in [3.63, 3.8) is 0 Å². The zero-order chi connectivity index (χ0) is 14.3. The number of hydrogen-bond donors (Lipinski definition) is 1. The molecule has 20 heavy (non-hydrogen) atoms. The van der Waals surface area contributed by atoms with Crippen LogP contribution in [0.25, 0.3) is 0 Å². The molecule has 0 bridgehead atoms. The minimum absolute atomic E-state index is 0.284. The summed E-state index contributed by atoms with van der Waals surface area (Å²) < 4.78 is 0. The predicted molar refractivity (Wildman–Crippen MR) is 71.8 cm³/mol. The first-order valence-corrected chi connectivity index (χ1v) is 7.42. The summed E-state index contributed by atoms with van der Waals surface area (Å²) in [5.41, 5.74) is -0.966. The maximum atomic E-state index is 12.6. The molecule has 110 valence electrons. The van der Waals surface area contributed by atoms with Gasteiger partial charge in [0.2, 0.25) is 11.8 Å². The van der Waals surface area contributed by atoms with Crippen molar-refractivity contribution in [2.24, 2.45) is 5.41 Å². The average Bonchev–Trinajstić information content (AvgIpc) is 3.14. The van der Waals surface area contributed by atoms with Crippen molar-refractivity contribution in [2.45, 2.75) is 44.6 Å². The molecular formula is C14H21N3O3. The fraction of sp³-hybridized carbons (Fsp3) is 0.786. The molecule has 0 aromatic rings. The highest BCUT2D eigenvalue weighted by Crippen LogP contribution is 2.41. The van der Waals surface area contributed by atoms with Crippen LogP contribution in [0, 0.1) is 5.41 Å². The molecule has 0 unspecified atom stereocenters. The van der Waals surface area contributed by atoms with Crippen LogP contribution in [0.15, 0.2) is 0 Å². The van der Waals surface area contributed by atoms with Gasteiger partial charge in [-0.2, -0.15) is 0 Å². The number of urea groups is 1. The van der Waals surface area contributed by atoms with E-state index < -0.39 is 17.4 Å². The van der Waals surface area contributed by atoms with E-state index in [0.29, 0.717) is 32.0 Å².